The van der Waals surface area contributed by atoms with E-state index in [0.717, 1.165) is 27.1 Å². The highest BCUT2D eigenvalue weighted by Gasteiger charge is 2.34. The van der Waals surface area contributed by atoms with Gasteiger partial charge in [0, 0.05) is 13.1 Å². The number of hydrogen-bond donors (Lipinski definition) is 1. The minimum atomic E-state index is -0.346. The van der Waals surface area contributed by atoms with Gasteiger partial charge >= 0.3 is 0 Å². The Kier molecular flexibility index (Phi) is 6.34. The van der Waals surface area contributed by atoms with Crippen LogP contribution in [0.15, 0.2) is 57.2 Å². The molecule has 1 N–H and O–H groups in total. The number of oxazole rings is 1. The maximum absolute atomic E-state index is 12.5. The topological polar surface area (TPSA) is 92.5 Å². The van der Waals surface area contributed by atoms with E-state index in [1.165, 1.54) is 11.3 Å². The summed E-state index contributed by atoms with van der Waals surface area (Å²) in [5.74, 6) is 0.496. The highest BCUT2D eigenvalue weighted by atomic mass is 32.2. The van der Waals surface area contributed by atoms with Crippen molar-refractivity contribution in [2.75, 3.05) is 13.1 Å². The molecule has 0 unspecified atom stereocenters. The molecule has 0 saturated carbocycles. The van der Waals surface area contributed by atoms with Crippen molar-refractivity contribution < 1.29 is 18.8 Å². The Morgan fingerprint density at radius 2 is 2.00 bits per heavy atom. The van der Waals surface area contributed by atoms with E-state index in [1.807, 2.05) is 47.8 Å². The van der Waals surface area contributed by atoms with E-state index >= 15 is 0 Å². The van der Waals surface area contributed by atoms with Crippen LogP contribution >= 0.6 is 23.1 Å². The van der Waals surface area contributed by atoms with Crippen LogP contribution in [0, 0.1) is 6.92 Å². The summed E-state index contributed by atoms with van der Waals surface area (Å²) < 4.78 is 5.65. The zero-order valence-corrected chi connectivity index (χ0v) is 18.3. The number of aryl methyl sites for hydroxylation is 1. The van der Waals surface area contributed by atoms with Crippen LogP contribution in [0.4, 0.5) is 4.79 Å². The standard InChI is InChI=1S/C22H19N3O4S2/c1-14-16(24-20(29-14)17-8-5-11-30-17)13-19(26)23-9-10-25-21(27)18(31-22(25)28)12-15-6-3-2-4-7-15/h2-8,11-12H,9-10,13H2,1H3,(H,23,26)/b18-12-. The third-order valence-electron chi connectivity index (χ3n) is 4.58. The summed E-state index contributed by atoms with van der Waals surface area (Å²) in [7, 11) is 0. The van der Waals surface area contributed by atoms with Crippen molar-refractivity contribution in [1.82, 2.24) is 15.2 Å². The Hall–Kier alpha value is -3.17. The molecule has 1 aromatic carbocycles. The predicted molar refractivity (Wildman–Crippen MR) is 120 cm³/mol. The van der Waals surface area contributed by atoms with E-state index in [-0.39, 0.29) is 36.6 Å². The molecule has 1 fully saturated rings. The second-order valence-corrected chi connectivity index (χ2v) is 8.71. The van der Waals surface area contributed by atoms with Crippen molar-refractivity contribution >= 4 is 46.2 Å². The first-order valence-corrected chi connectivity index (χ1v) is 11.3. The molecule has 2 aromatic heterocycles. The van der Waals surface area contributed by atoms with Gasteiger partial charge in [-0.25, -0.2) is 4.98 Å². The van der Waals surface area contributed by atoms with E-state index in [0.29, 0.717) is 22.3 Å². The summed E-state index contributed by atoms with van der Waals surface area (Å²) in [6.45, 7) is 2.05. The van der Waals surface area contributed by atoms with E-state index in [9.17, 15) is 14.4 Å². The van der Waals surface area contributed by atoms with E-state index in [4.69, 9.17) is 4.42 Å². The highest BCUT2D eigenvalue weighted by molar-refractivity contribution is 8.18. The number of amides is 3. The molecule has 1 aliphatic rings. The van der Waals surface area contributed by atoms with Crippen molar-refractivity contribution in [3.05, 3.63) is 69.8 Å². The summed E-state index contributed by atoms with van der Waals surface area (Å²) >= 11 is 2.42. The van der Waals surface area contributed by atoms with Crippen LogP contribution in [-0.2, 0) is 16.0 Å². The molecule has 31 heavy (non-hydrogen) atoms. The first-order chi connectivity index (χ1) is 15.0. The summed E-state index contributed by atoms with van der Waals surface area (Å²) in [5.41, 5.74) is 1.42. The van der Waals surface area contributed by atoms with Crippen molar-refractivity contribution in [2.24, 2.45) is 0 Å². The molecule has 0 aliphatic carbocycles. The second-order valence-electron chi connectivity index (χ2n) is 6.77. The number of carbonyl (C=O) groups excluding carboxylic acids is 3. The van der Waals surface area contributed by atoms with Crippen LogP contribution < -0.4 is 5.32 Å². The highest BCUT2D eigenvalue weighted by Crippen LogP contribution is 2.31. The molecule has 1 saturated heterocycles. The van der Waals surface area contributed by atoms with Crippen molar-refractivity contribution in [3.8, 4) is 10.8 Å². The predicted octanol–water partition coefficient (Wildman–Crippen LogP) is 4.11. The van der Waals surface area contributed by atoms with E-state index < -0.39 is 0 Å². The third kappa shape index (κ3) is 4.95. The van der Waals surface area contributed by atoms with Crippen LogP contribution in [0.2, 0.25) is 0 Å². The van der Waals surface area contributed by atoms with Crippen LogP contribution in [-0.4, -0.2) is 40.0 Å². The number of thiophene rings is 1. The fourth-order valence-corrected chi connectivity index (χ4v) is 4.53. The van der Waals surface area contributed by atoms with Gasteiger partial charge in [0.25, 0.3) is 11.1 Å². The maximum Gasteiger partial charge on any atom is 0.293 e. The van der Waals surface area contributed by atoms with Gasteiger partial charge in [-0.3, -0.25) is 19.3 Å². The molecule has 158 valence electrons. The summed E-state index contributed by atoms with van der Waals surface area (Å²) in [6.07, 6.45) is 1.76. The molecule has 0 radical (unpaired) electrons. The van der Waals surface area contributed by atoms with Gasteiger partial charge in [-0.05, 0) is 41.8 Å². The average molecular weight is 454 g/mol. The fourth-order valence-electron chi connectivity index (χ4n) is 3.01. The monoisotopic (exact) mass is 453 g/mol. The lowest BCUT2D eigenvalue weighted by Gasteiger charge is -2.12. The molecule has 3 amide bonds. The van der Waals surface area contributed by atoms with E-state index in [1.54, 1.807) is 13.0 Å². The molecule has 3 heterocycles. The molecular formula is C22H19N3O4S2. The zero-order chi connectivity index (χ0) is 21.8. The zero-order valence-electron chi connectivity index (χ0n) is 16.7. The number of thioether (sulfide) groups is 1. The fraction of sp³-hybridized carbons (Fsp3) is 0.182. The van der Waals surface area contributed by atoms with Crippen molar-refractivity contribution in [3.63, 3.8) is 0 Å². The number of benzene rings is 1. The Balaban J connectivity index is 1.30. The van der Waals surface area contributed by atoms with Gasteiger partial charge in [0.2, 0.25) is 11.8 Å². The largest absolute Gasteiger partial charge is 0.440 e. The Bertz CT molecular complexity index is 1140. The first kappa shape index (κ1) is 21.1. The van der Waals surface area contributed by atoms with Crippen LogP contribution in [0.5, 0.6) is 0 Å². The summed E-state index contributed by atoms with van der Waals surface area (Å²) in [5, 5.41) is 4.34. The molecule has 1 aliphatic heterocycles. The summed E-state index contributed by atoms with van der Waals surface area (Å²) in [6, 6.07) is 13.2. The number of nitrogens with one attached hydrogen (secondary N) is 1. The molecule has 0 bridgehead atoms. The third-order valence-corrected chi connectivity index (χ3v) is 6.35. The lowest BCUT2D eigenvalue weighted by atomic mass is 10.2. The number of rotatable bonds is 7. The molecule has 9 heteroatoms. The van der Waals surface area contributed by atoms with Gasteiger partial charge in [0.05, 0.1) is 21.9 Å². The Labute approximate surface area is 187 Å². The number of imide groups is 1. The average Bonchev–Trinajstić information content (AvgIpc) is 3.46. The summed E-state index contributed by atoms with van der Waals surface area (Å²) in [4.78, 5) is 43.9. The SMILES string of the molecule is Cc1oc(-c2cccs2)nc1CC(=O)NCCN1C(=O)S/C(=C\c2ccccc2)C1=O. The van der Waals surface area contributed by atoms with Gasteiger partial charge in [-0.1, -0.05) is 36.4 Å². The molecule has 4 rings (SSSR count). The lowest BCUT2D eigenvalue weighted by molar-refractivity contribution is -0.124. The molecule has 0 atom stereocenters. The number of hydrogen-bond acceptors (Lipinski definition) is 7. The van der Waals surface area contributed by atoms with Gasteiger partial charge in [0.1, 0.15) is 5.76 Å². The molecular weight excluding hydrogens is 434 g/mol. The number of carbonyl (C=O) groups is 3. The minimum Gasteiger partial charge on any atom is -0.440 e. The van der Waals surface area contributed by atoms with Gasteiger partial charge in [0.15, 0.2) is 0 Å². The normalized spacial score (nSPS) is 15.1. The second kappa shape index (κ2) is 9.32. The van der Waals surface area contributed by atoms with Crippen LogP contribution in [0.3, 0.4) is 0 Å². The molecule has 3 aromatic rings. The van der Waals surface area contributed by atoms with Gasteiger partial charge < -0.3 is 9.73 Å². The van der Waals surface area contributed by atoms with Crippen molar-refractivity contribution in [1.29, 1.82) is 0 Å². The maximum atomic E-state index is 12.5. The smallest absolute Gasteiger partial charge is 0.293 e. The van der Waals surface area contributed by atoms with Gasteiger partial charge in [-0.15, -0.1) is 11.3 Å². The quantitative estimate of drug-likeness (QED) is 0.542. The van der Waals surface area contributed by atoms with Crippen molar-refractivity contribution in [2.45, 2.75) is 13.3 Å². The van der Waals surface area contributed by atoms with E-state index in [2.05, 4.69) is 10.3 Å². The first-order valence-electron chi connectivity index (χ1n) is 9.58. The van der Waals surface area contributed by atoms with Gasteiger partial charge in [-0.2, -0.15) is 0 Å². The Morgan fingerprint density at radius 1 is 1.19 bits per heavy atom. The van der Waals surface area contributed by atoms with Crippen LogP contribution in [0.25, 0.3) is 16.8 Å². The molecule has 7 nitrogen and oxygen atoms in total. The number of nitrogens with zero attached hydrogens (tertiary/aromatic N) is 2. The minimum absolute atomic E-state index is 0.0660. The number of aromatic nitrogens is 1. The Morgan fingerprint density at radius 3 is 2.74 bits per heavy atom. The molecule has 0 spiro atoms. The van der Waals surface area contributed by atoms with Crippen LogP contribution in [0.1, 0.15) is 17.0 Å². The lowest BCUT2D eigenvalue weighted by Crippen LogP contribution is -2.37.